The van der Waals surface area contributed by atoms with Crippen LogP contribution >= 0.6 is 23.4 Å². The number of hydrogen-bond acceptors (Lipinski definition) is 2. The predicted molar refractivity (Wildman–Crippen MR) is 100.0 cm³/mol. The number of aliphatic imine (C=N–C) groups is 1. The number of nitrogens with zero attached hydrogens (tertiary/aromatic N) is 1. The van der Waals surface area contributed by atoms with Crippen molar-refractivity contribution in [3.63, 3.8) is 0 Å². The second kappa shape index (κ2) is 8.21. The van der Waals surface area contributed by atoms with Crippen molar-refractivity contribution in [2.45, 2.75) is 25.2 Å². The Kier molecular flexibility index (Phi) is 6.29. The molecule has 22 heavy (non-hydrogen) atoms. The van der Waals surface area contributed by atoms with Crippen LogP contribution in [-0.4, -0.2) is 12.8 Å². The van der Waals surface area contributed by atoms with Gasteiger partial charge in [-0.15, -0.1) is 0 Å². The van der Waals surface area contributed by atoms with Gasteiger partial charge in [0, 0.05) is 28.1 Å². The van der Waals surface area contributed by atoms with Gasteiger partial charge in [-0.2, -0.15) is 0 Å². The maximum absolute atomic E-state index is 6.44. The Morgan fingerprint density at radius 1 is 1.32 bits per heavy atom. The van der Waals surface area contributed by atoms with Crippen LogP contribution in [0.1, 0.15) is 25.8 Å². The van der Waals surface area contributed by atoms with E-state index in [2.05, 4.69) is 55.3 Å². The smallest absolute Gasteiger partial charge is 0.0738 e. The third kappa shape index (κ3) is 4.02. The molecule has 0 bridgehead atoms. The molecule has 1 aliphatic carbocycles. The first-order chi connectivity index (χ1) is 10.7. The molecule has 0 radical (unpaired) electrons. The van der Waals surface area contributed by atoms with Gasteiger partial charge >= 0.3 is 0 Å². The Morgan fingerprint density at radius 3 is 2.82 bits per heavy atom. The lowest BCUT2D eigenvalue weighted by atomic mass is 10.0. The summed E-state index contributed by atoms with van der Waals surface area (Å²) < 4.78 is 0. The summed E-state index contributed by atoms with van der Waals surface area (Å²) in [5.41, 5.74) is 3.06. The van der Waals surface area contributed by atoms with E-state index in [0.29, 0.717) is 0 Å². The van der Waals surface area contributed by atoms with Gasteiger partial charge in [0.1, 0.15) is 0 Å². The largest absolute Gasteiger partial charge is 0.287 e. The molecule has 0 aliphatic heterocycles. The van der Waals surface area contributed by atoms with Gasteiger partial charge in [0.05, 0.1) is 5.71 Å². The zero-order chi connectivity index (χ0) is 15.9. The second-order valence-electron chi connectivity index (χ2n) is 4.87. The lowest BCUT2D eigenvalue weighted by molar-refractivity contribution is 1.33. The molecule has 3 heteroatoms. The zero-order valence-corrected chi connectivity index (χ0v) is 14.7. The zero-order valence-electron chi connectivity index (χ0n) is 13.1. The molecule has 2 rings (SSSR count). The van der Waals surface area contributed by atoms with Crippen LogP contribution in [0.25, 0.3) is 0 Å². The van der Waals surface area contributed by atoms with Crippen molar-refractivity contribution >= 4 is 29.1 Å². The molecule has 1 nitrogen and oxygen atoms in total. The lowest BCUT2D eigenvalue weighted by Crippen LogP contribution is -2.07. The van der Waals surface area contributed by atoms with Crippen molar-refractivity contribution < 1.29 is 0 Å². The van der Waals surface area contributed by atoms with Crippen molar-refractivity contribution in [3.8, 4) is 0 Å². The van der Waals surface area contributed by atoms with Crippen molar-refractivity contribution in [1.29, 1.82) is 0 Å². The second-order valence-corrected chi connectivity index (χ2v) is 6.56. The Hall–Kier alpha value is -1.51. The highest BCUT2D eigenvalue weighted by Crippen LogP contribution is 2.32. The van der Waals surface area contributed by atoms with E-state index in [9.17, 15) is 0 Å². The topological polar surface area (TPSA) is 12.4 Å². The minimum absolute atomic E-state index is 0.733. The van der Waals surface area contributed by atoms with Crippen molar-refractivity contribution in [1.82, 2.24) is 0 Å². The van der Waals surface area contributed by atoms with Crippen LogP contribution in [-0.2, 0) is 0 Å². The molecule has 0 aromatic heterocycles. The summed E-state index contributed by atoms with van der Waals surface area (Å²) in [4.78, 5) is 6.99. The van der Waals surface area contributed by atoms with Gasteiger partial charge in [0.15, 0.2) is 0 Å². The molecule has 1 aromatic carbocycles. The van der Waals surface area contributed by atoms with Crippen molar-refractivity contribution in [3.05, 3.63) is 75.7 Å². The fraction of sp³-hybridized carbons (Fsp3) is 0.211. The van der Waals surface area contributed by atoms with Gasteiger partial charge in [0.2, 0.25) is 0 Å². The van der Waals surface area contributed by atoms with Crippen LogP contribution in [0, 0.1) is 0 Å². The van der Waals surface area contributed by atoms with Gasteiger partial charge in [-0.3, -0.25) is 4.99 Å². The number of rotatable bonds is 4. The van der Waals surface area contributed by atoms with Gasteiger partial charge in [0.25, 0.3) is 0 Å². The molecule has 1 aliphatic rings. The van der Waals surface area contributed by atoms with Gasteiger partial charge in [-0.1, -0.05) is 65.9 Å². The SMILES string of the molecule is C/C=C(\C)Sc1ccccc1C(=NC)C1=CCC=CC=C1Cl. The third-order valence-electron chi connectivity index (χ3n) is 3.39. The van der Waals surface area contributed by atoms with Crippen LogP contribution in [0.3, 0.4) is 0 Å². The highest BCUT2D eigenvalue weighted by atomic mass is 35.5. The Morgan fingerprint density at radius 2 is 2.09 bits per heavy atom. The van der Waals surface area contributed by atoms with E-state index in [-0.39, 0.29) is 0 Å². The summed E-state index contributed by atoms with van der Waals surface area (Å²) in [6.45, 7) is 4.17. The molecular formula is C19H20ClNS. The minimum Gasteiger partial charge on any atom is -0.287 e. The molecular weight excluding hydrogens is 310 g/mol. The maximum atomic E-state index is 6.44. The third-order valence-corrected chi connectivity index (χ3v) is 4.86. The molecule has 0 spiro atoms. The number of thioether (sulfide) groups is 1. The number of halogens is 1. The van der Waals surface area contributed by atoms with E-state index in [1.165, 1.54) is 9.80 Å². The summed E-state index contributed by atoms with van der Waals surface area (Å²) in [5, 5.41) is 0.733. The van der Waals surface area contributed by atoms with Crippen LogP contribution in [0.5, 0.6) is 0 Å². The van der Waals surface area contributed by atoms with Crippen LogP contribution in [0.4, 0.5) is 0 Å². The molecule has 0 atom stereocenters. The molecule has 0 N–H and O–H groups in total. The summed E-state index contributed by atoms with van der Waals surface area (Å²) in [5.74, 6) is 0. The van der Waals surface area contributed by atoms with E-state index in [0.717, 1.165) is 28.3 Å². The molecule has 114 valence electrons. The fourth-order valence-corrected chi connectivity index (χ4v) is 3.31. The first-order valence-corrected chi connectivity index (χ1v) is 8.47. The predicted octanol–water partition coefficient (Wildman–Crippen LogP) is 6.13. The van der Waals surface area contributed by atoms with E-state index >= 15 is 0 Å². The van der Waals surface area contributed by atoms with Crippen molar-refractivity contribution in [2.24, 2.45) is 4.99 Å². The normalized spacial score (nSPS) is 16.2. The molecule has 0 amide bonds. The van der Waals surface area contributed by atoms with Gasteiger partial charge in [-0.25, -0.2) is 0 Å². The molecule has 0 unspecified atom stereocenters. The maximum Gasteiger partial charge on any atom is 0.0738 e. The molecule has 0 heterocycles. The van der Waals surface area contributed by atoms with Crippen LogP contribution < -0.4 is 0 Å². The first-order valence-electron chi connectivity index (χ1n) is 7.27. The highest BCUT2D eigenvalue weighted by molar-refractivity contribution is 8.03. The molecule has 0 saturated carbocycles. The standard InChI is InChI=1S/C19H20ClNS/c1-4-14(2)22-18-13-9-8-11-16(18)19(21-3)15-10-6-5-7-12-17(15)20/h4-5,7-13H,6H2,1-3H3/b14-4+,21-19?. The summed E-state index contributed by atoms with van der Waals surface area (Å²) in [6, 6.07) is 8.34. The van der Waals surface area contributed by atoms with Gasteiger partial charge < -0.3 is 0 Å². The van der Waals surface area contributed by atoms with Gasteiger partial charge in [-0.05, 0) is 37.3 Å². The van der Waals surface area contributed by atoms with Crippen LogP contribution in [0.2, 0.25) is 0 Å². The van der Waals surface area contributed by atoms with E-state index in [1.54, 1.807) is 11.8 Å². The van der Waals surface area contributed by atoms with E-state index < -0.39 is 0 Å². The average Bonchev–Trinajstić information content (AvgIpc) is 2.75. The fourth-order valence-electron chi connectivity index (χ4n) is 2.18. The minimum atomic E-state index is 0.733. The van der Waals surface area contributed by atoms with E-state index in [4.69, 9.17) is 11.6 Å². The number of hydrogen-bond donors (Lipinski definition) is 0. The first kappa shape index (κ1) is 16.9. The average molecular weight is 330 g/mol. The van der Waals surface area contributed by atoms with Crippen molar-refractivity contribution in [2.75, 3.05) is 7.05 Å². The Balaban J connectivity index is 2.47. The summed E-state index contributed by atoms with van der Waals surface area (Å²) in [7, 11) is 1.82. The number of allylic oxidation sites excluding steroid dienone is 8. The highest BCUT2D eigenvalue weighted by Gasteiger charge is 2.16. The molecule has 1 aromatic rings. The van der Waals surface area contributed by atoms with Crippen LogP contribution in [0.15, 0.2) is 80.0 Å². The Labute approximate surface area is 142 Å². The lowest BCUT2D eigenvalue weighted by Gasteiger charge is -2.14. The monoisotopic (exact) mass is 329 g/mol. The molecule has 0 saturated heterocycles. The Bertz CT molecular complexity index is 693. The number of benzene rings is 1. The molecule has 0 fully saturated rings. The van der Waals surface area contributed by atoms with E-state index in [1.807, 2.05) is 25.3 Å². The summed E-state index contributed by atoms with van der Waals surface area (Å²) >= 11 is 8.20. The summed E-state index contributed by atoms with van der Waals surface area (Å²) in [6.07, 6.45) is 11.1. The quantitative estimate of drug-likeness (QED) is 0.478.